The molecule has 2 aromatic rings. The molecule has 0 aliphatic carbocycles. The second-order valence-electron chi connectivity index (χ2n) is 4.43. The van der Waals surface area contributed by atoms with Crippen LogP contribution in [0, 0.1) is 0 Å². The molecular formula is C16H18N2O2. The van der Waals surface area contributed by atoms with Gasteiger partial charge in [0, 0.05) is 24.6 Å². The summed E-state index contributed by atoms with van der Waals surface area (Å²) >= 11 is 0. The summed E-state index contributed by atoms with van der Waals surface area (Å²) in [5, 5.41) is 23.7. The highest BCUT2D eigenvalue weighted by molar-refractivity contribution is 6.04. The molecule has 4 heteroatoms. The third-order valence-electron chi connectivity index (χ3n) is 2.88. The van der Waals surface area contributed by atoms with Crippen molar-refractivity contribution in [2.75, 3.05) is 6.54 Å². The van der Waals surface area contributed by atoms with E-state index >= 15 is 0 Å². The van der Waals surface area contributed by atoms with Gasteiger partial charge in [-0.25, -0.2) is 0 Å². The van der Waals surface area contributed by atoms with Gasteiger partial charge in [0.1, 0.15) is 11.5 Å². The van der Waals surface area contributed by atoms with Gasteiger partial charge in [-0.15, -0.1) is 0 Å². The van der Waals surface area contributed by atoms with Gasteiger partial charge in [0.25, 0.3) is 0 Å². The van der Waals surface area contributed by atoms with Gasteiger partial charge < -0.3 is 15.6 Å². The van der Waals surface area contributed by atoms with E-state index in [0.717, 1.165) is 11.3 Å². The van der Waals surface area contributed by atoms with Crippen LogP contribution >= 0.6 is 0 Å². The molecule has 0 atom stereocenters. The first-order chi connectivity index (χ1) is 9.70. The molecule has 3 N–H and O–H groups in total. The van der Waals surface area contributed by atoms with Crippen LogP contribution in [-0.4, -0.2) is 22.5 Å². The molecule has 0 saturated heterocycles. The van der Waals surface area contributed by atoms with Crippen molar-refractivity contribution in [1.29, 1.82) is 0 Å². The number of aromatic hydroxyl groups is 2. The van der Waals surface area contributed by atoms with Gasteiger partial charge in [-0.3, -0.25) is 0 Å². The predicted molar refractivity (Wildman–Crippen MR) is 80.1 cm³/mol. The van der Waals surface area contributed by atoms with Crippen molar-refractivity contribution in [2.24, 2.45) is 5.10 Å². The maximum atomic E-state index is 9.97. The normalized spacial score (nSPS) is 11.3. The van der Waals surface area contributed by atoms with Crippen LogP contribution in [0.25, 0.3) is 0 Å². The van der Waals surface area contributed by atoms with Crippen molar-refractivity contribution in [3.8, 4) is 11.5 Å². The lowest BCUT2D eigenvalue weighted by Crippen LogP contribution is -2.13. The maximum absolute atomic E-state index is 9.97. The number of benzene rings is 2. The molecule has 0 aromatic heterocycles. The first kappa shape index (κ1) is 13.9. The van der Waals surface area contributed by atoms with E-state index in [9.17, 15) is 10.2 Å². The zero-order chi connectivity index (χ0) is 14.4. The summed E-state index contributed by atoms with van der Waals surface area (Å²) in [7, 11) is 0. The van der Waals surface area contributed by atoms with Crippen LogP contribution in [0.5, 0.6) is 11.5 Å². The number of nitrogens with zero attached hydrogens (tertiary/aromatic N) is 1. The van der Waals surface area contributed by atoms with Gasteiger partial charge in [0.05, 0.1) is 5.71 Å². The lowest BCUT2D eigenvalue weighted by atomic mass is 10.0. The summed E-state index contributed by atoms with van der Waals surface area (Å²) in [5.41, 5.74) is 5.38. The van der Waals surface area contributed by atoms with Crippen molar-refractivity contribution in [3.05, 3.63) is 59.7 Å². The minimum atomic E-state index is 0.0255. The smallest absolute Gasteiger partial charge is 0.128 e. The highest BCUT2D eigenvalue weighted by atomic mass is 16.3. The molecular weight excluding hydrogens is 252 g/mol. The fraction of sp³-hybridized carbons (Fsp3) is 0.188. The Morgan fingerprint density at radius 2 is 1.85 bits per heavy atom. The van der Waals surface area contributed by atoms with E-state index in [0.29, 0.717) is 18.5 Å². The topological polar surface area (TPSA) is 64.9 Å². The van der Waals surface area contributed by atoms with Gasteiger partial charge >= 0.3 is 0 Å². The van der Waals surface area contributed by atoms with Crippen molar-refractivity contribution >= 4 is 5.71 Å². The molecule has 0 saturated carbocycles. The summed E-state index contributed by atoms with van der Waals surface area (Å²) in [6.45, 7) is 2.66. The standard InChI is InChI=1S/C16H18N2O2/c1-2-17-18-15(10-12-6-4-3-5-7-12)14-9-8-13(19)11-16(14)20/h3-9,11,17,19-20H,2,10H2,1H3/b18-15+. The lowest BCUT2D eigenvalue weighted by molar-refractivity contribution is 0.449. The lowest BCUT2D eigenvalue weighted by Gasteiger charge is -2.10. The van der Waals surface area contributed by atoms with Gasteiger partial charge in [-0.1, -0.05) is 30.3 Å². The third-order valence-corrected chi connectivity index (χ3v) is 2.88. The van der Waals surface area contributed by atoms with E-state index in [1.165, 1.54) is 6.07 Å². The second kappa shape index (κ2) is 6.61. The van der Waals surface area contributed by atoms with Crippen molar-refractivity contribution in [1.82, 2.24) is 5.43 Å². The summed E-state index contributed by atoms with van der Waals surface area (Å²) in [4.78, 5) is 0. The van der Waals surface area contributed by atoms with Crippen LogP contribution in [0.1, 0.15) is 18.1 Å². The van der Waals surface area contributed by atoms with Crippen LogP contribution in [0.15, 0.2) is 53.6 Å². The molecule has 2 aromatic carbocycles. The number of hydrogen-bond donors (Lipinski definition) is 3. The Balaban J connectivity index is 2.32. The zero-order valence-corrected chi connectivity index (χ0v) is 11.4. The maximum Gasteiger partial charge on any atom is 0.128 e. The first-order valence-electron chi connectivity index (χ1n) is 6.56. The molecule has 0 amide bonds. The largest absolute Gasteiger partial charge is 0.508 e. The molecule has 0 radical (unpaired) electrons. The molecule has 4 nitrogen and oxygen atoms in total. The van der Waals surface area contributed by atoms with Gasteiger partial charge in [0.15, 0.2) is 0 Å². The Kier molecular flexibility index (Phi) is 4.60. The minimum absolute atomic E-state index is 0.0255. The predicted octanol–water partition coefficient (Wildman–Crippen LogP) is 2.65. The number of phenols is 2. The second-order valence-corrected chi connectivity index (χ2v) is 4.43. The van der Waals surface area contributed by atoms with Crippen LogP contribution in [0.4, 0.5) is 0 Å². The molecule has 104 valence electrons. The van der Waals surface area contributed by atoms with E-state index in [1.54, 1.807) is 12.1 Å². The zero-order valence-electron chi connectivity index (χ0n) is 11.4. The van der Waals surface area contributed by atoms with Crippen LogP contribution in [0.3, 0.4) is 0 Å². The minimum Gasteiger partial charge on any atom is -0.508 e. The Morgan fingerprint density at radius 1 is 1.10 bits per heavy atom. The highest BCUT2D eigenvalue weighted by Gasteiger charge is 2.11. The quantitative estimate of drug-likeness (QED) is 0.578. The van der Waals surface area contributed by atoms with Crippen molar-refractivity contribution < 1.29 is 10.2 Å². The summed E-state index contributed by atoms with van der Waals surface area (Å²) in [6.07, 6.45) is 0.603. The fourth-order valence-corrected chi connectivity index (χ4v) is 1.92. The van der Waals surface area contributed by atoms with Gasteiger partial charge in [-0.2, -0.15) is 5.10 Å². The summed E-state index contributed by atoms with van der Waals surface area (Å²) in [5.74, 6) is 0.0614. The van der Waals surface area contributed by atoms with E-state index in [1.807, 2.05) is 37.3 Å². The molecule has 0 bridgehead atoms. The Bertz CT molecular complexity index is 595. The molecule has 0 spiro atoms. The van der Waals surface area contributed by atoms with E-state index in [4.69, 9.17) is 0 Å². The van der Waals surface area contributed by atoms with E-state index in [-0.39, 0.29) is 11.5 Å². The van der Waals surface area contributed by atoms with Gasteiger partial charge in [0.2, 0.25) is 0 Å². The number of hydrazone groups is 1. The summed E-state index contributed by atoms with van der Waals surface area (Å²) in [6, 6.07) is 14.5. The van der Waals surface area contributed by atoms with Crippen LogP contribution < -0.4 is 5.43 Å². The molecule has 0 heterocycles. The molecule has 0 aliphatic heterocycles. The van der Waals surface area contributed by atoms with E-state index in [2.05, 4.69) is 10.5 Å². The third kappa shape index (κ3) is 3.51. The fourth-order valence-electron chi connectivity index (χ4n) is 1.92. The van der Waals surface area contributed by atoms with E-state index < -0.39 is 0 Å². The molecule has 0 aliphatic rings. The molecule has 2 rings (SSSR count). The number of nitrogens with one attached hydrogen (secondary N) is 1. The van der Waals surface area contributed by atoms with Gasteiger partial charge in [-0.05, 0) is 24.6 Å². The summed E-state index contributed by atoms with van der Waals surface area (Å²) < 4.78 is 0. The number of hydrogen-bond acceptors (Lipinski definition) is 4. The first-order valence-corrected chi connectivity index (χ1v) is 6.56. The number of phenolic OH excluding ortho intramolecular Hbond substituents is 2. The average Bonchev–Trinajstić information content (AvgIpc) is 2.45. The van der Waals surface area contributed by atoms with Crippen LogP contribution in [0.2, 0.25) is 0 Å². The Hall–Kier alpha value is -2.49. The van der Waals surface area contributed by atoms with Crippen molar-refractivity contribution in [2.45, 2.75) is 13.3 Å². The highest BCUT2D eigenvalue weighted by Crippen LogP contribution is 2.24. The SMILES string of the molecule is CCN/N=C(\Cc1ccccc1)c1ccc(O)cc1O. The Morgan fingerprint density at radius 3 is 2.50 bits per heavy atom. The molecule has 0 fully saturated rings. The molecule has 20 heavy (non-hydrogen) atoms. The average molecular weight is 270 g/mol. The monoisotopic (exact) mass is 270 g/mol. The molecule has 0 unspecified atom stereocenters. The van der Waals surface area contributed by atoms with Crippen LogP contribution in [-0.2, 0) is 6.42 Å². The van der Waals surface area contributed by atoms with Crippen molar-refractivity contribution in [3.63, 3.8) is 0 Å². The Labute approximate surface area is 118 Å². The number of rotatable bonds is 5.